The van der Waals surface area contributed by atoms with Gasteiger partial charge in [0.15, 0.2) is 11.5 Å². The van der Waals surface area contributed by atoms with Crippen LogP contribution in [0.2, 0.25) is 0 Å². The summed E-state index contributed by atoms with van der Waals surface area (Å²) in [7, 11) is 3.24. The highest BCUT2D eigenvalue weighted by molar-refractivity contribution is 5.80. The van der Waals surface area contributed by atoms with E-state index in [1.165, 1.54) is 5.56 Å². The number of benzene rings is 1. The fraction of sp³-hybridized carbons (Fsp3) is 0.421. The number of hydrogen-bond donors (Lipinski definition) is 1. The first-order chi connectivity index (χ1) is 12.5. The minimum atomic E-state index is 0.0215. The number of amides is 1. The van der Waals surface area contributed by atoms with Crippen molar-refractivity contribution >= 4 is 11.9 Å². The SMILES string of the molecule is COc1cc2c(cc1OC)CN(C(=O)CNc1nc(C)cc(C)n1)CC2. The summed E-state index contributed by atoms with van der Waals surface area (Å²) >= 11 is 0. The number of nitrogens with zero attached hydrogens (tertiary/aromatic N) is 3. The van der Waals surface area contributed by atoms with Crippen LogP contribution in [0.5, 0.6) is 11.5 Å². The Hall–Kier alpha value is -2.83. The molecule has 0 fully saturated rings. The van der Waals surface area contributed by atoms with E-state index in [0.717, 1.165) is 29.1 Å². The first kappa shape index (κ1) is 18.0. The van der Waals surface area contributed by atoms with Crippen molar-refractivity contribution in [3.63, 3.8) is 0 Å². The quantitative estimate of drug-likeness (QED) is 0.884. The zero-order chi connectivity index (χ0) is 18.7. The Bertz CT molecular complexity index is 802. The molecule has 0 radical (unpaired) electrons. The number of hydrogen-bond acceptors (Lipinski definition) is 6. The summed E-state index contributed by atoms with van der Waals surface area (Å²) in [5.41, 5.74) is 4.03. The summed E-state index contributed by atoms with van der Waals surface area (Å²) in [4.78, 5) is 23.0. The molecule has 2 heterocycles. The van der Waals surface area contributed by atoms with Crippen LogP contribution >= 0.6 is 0 Å². The van der Waals surface area contributed by atoms with Crippen LogP contribution in [0.3, 0.4) is 0 Å². The smallest absolute Gasteiger partial charge is 0.242 e. The molecule has 1 aliphatic heterocycles. The van der Waals surface area contributed by atoms with Gasteiger partial charge in [0.1, 0.15) is 0 Å². The number of aromatic nitrogens is 2. The Morgan fingerprint density at radius 3 is 2.31 bits per heavy atom. The van der Waals surface area contributed by atoms with E-state index >= 15 is 0 Å². The zero-order valence-electron chi connectivity index (χ0n) is 15.6. The number of rotatable bonds is 5. The van der Waals surface area contributed by atoms with Crippen LogP contribution in [0, 0.1) is 13.8 Å². The molecule has 26 heavy (non-hydrogen) atoms. The van der Waals surface area contributed by atoms with E-state index in [-0.39, 0.29) is 12.5 Å². The van der Waals surface area contributed by atoms with E-state index in [2.05, 4.69) is 15.3 Å². The van der Waals surface area contributed by atoms with Gasteiger partial charge in [0, 0.05) is 24.5 Å². The topological polar surface area (TPSA) is 76.6 Å². The van der Waals surface area contributed by atoms with E-state index in [1.54, 1.807) is 14.2 Å². The molecular formula is C19H24N4O3. The lowest BCUT2D eigenvalue weighted by atomic mass is 9.98. The Morgan fingerprint density at radius 2 is 1.69 bits per heavy atom. The lowest BCUT2D eigenvalue weighted by Crippen LogP contribution is -2.39. The van der Waals surface area contributed by atoms with Gasteiger partial charge in [0.25, 0.3) is 0 Å². The van der Waals surface area contributed by atoms with Gasteiger partial charge in [-0.25, -0.2) is 9.97 Å². The number of methoxy groups -OCH3 is 2. The Labute approximate surface area is 153 Å². The second-order valence-corrected chi connectivity index (χ2v) is 6.37. The van der Waals surface area contributed by atoms with Crippen LogP contribution in [-0.4, -0.2) is 48.1 Å². The molecule has 0 unspecified atom stereocenters. The number of fused-ring (bicyclic) bond motifs is 1. The van der Waals surface area contributed by atoms with E-state index < -0.39 is 0 Å². The van der Waals surface area contributed by atoms with Crippen molar-refractivity contribution in [3.8, 4) is 11.5 Å². The number of carbonyl (C=O) groups is 1. The third kappa shape index (κ3) is 3.87. The summed E-state index contributed by atoms with van der Waals surface area (Å²) in [5, 5.41) is 3.03. The maximum atomic E-state index is 12.6. The van der Waals surface area contributed by atoms with Gasteiger partial charge in [-0.05, 0) is 49.6 Å². The second-order valence-electron chi connectivity index (χ2n) is 6.37. The average Bonchev–Trinajstić information content (AvgIpc) is 2.63. The maximum absolute atomic E-state index is 12.6. The highest BCUT2D eigenvalue weighted by atomic mass is 16.5. The summed E-state index contributed by atoms with van der Waals surface area (Å²) < 4.78 is 10.7. The average molecular weight is 356 g/mol. The van der Waals surface area contributed by atoms with Crippen LogP contribution in [0.25, 0.3) is 0 Å². The number of anilines is 1. The number of carbonyl (C=O) groups excluding carboxylic acids is 1. The van der Waals surface area contributed by atoms with Gasteiger partial charge in [-0.3, -0.25) is 4.79 Å². The van der Waals surface area contributed by atoms with Gasteiger partial charge in [-0.1, -0.05) is 0 Å². The normalized spacial score (nSPS) is 13.2. The molecule has 0 atom stereocenters. The maximum Gasteiger partial charge on any atom is 0.242 e. The molecule has 1 N–H and O–H groups in total. The molecule has 7 heteroatoms. The van der Waals surface area contributed by atoms with Gasteiger partial charge in [0.2, 0.25) is 11.9 Å². The second kappa shape index (κ2) is 7.59. The monoisotopic (exact) mass is 356 g/mol. The lowest BCUT2D eigenvalue weighted by molar-refractivity contribution is -0.130. The highest BCUT2D eigenvalue weighted by Crippen LogP contribution is 2.33. The van der Waals surface area contributed by atoms with Gasteiger partial charge in [-0.2, -0.15) is 0 Å². The van der Waals surface area contributed by atoms with Crippen LogP contribution < -0.4 is 14.8 Å². The third-order valence-electron chi connectivity index (χ3n) is 4.45. The number of nitrogens with one attached hydrogen (secondary N) is 1. The molecule has 0 aliphatic carbocycles. The van der Waals surface area contributed by atoms with Crippen molar-refractivity contribution in [3.05, 3.63) is 40.7 Å². The minimum Gasteiger partial charge on any atom is -0.493 e. The molecule has 1 aromatic heterocycles. The van der Waals surface area contributed by atoms with Crippen molar-refractivity contribution in [2.45, 2.75) is 26.8 Å². The zero-order valence-corrected chi connectivity index (χ0v) is 15.6. The first-order valence-corrected chi connectivity index (χ1v) is 8.58. The van der Waals surface area contributed by atoms with Crippen molar-refractivity contribution in [2.75, 3.05) is 32.6 Å². The summed E-state index contributed by atoms with van der Waals surface area (Å²) in [5.74, 6) is 1.91. The van der Waals surface area contributed by atoms with Crippen LogP contribution in [0.4, 0.5) is 5.95 Å². The summed E-state index contributed by atoms with van der Waals surface area (Å²) in [6.45, 7) is 5.22. The molecule has 3 rings (SSSR count). The van der Waals surface area contributed by atoms with E-state index in [1.807, 2.05) is 36.9 Å². The number of aryl methyl sites for hydroxylation is 2. The Balaban J connectivity index is 1.67. The van der Waals surface area contributed by atoms with Crippen LogP contribution in [0.15, 0.2) is 18.2 Å². The molecule has 1 aliphatic rings. The molecule has 0 saturated heterocycles. The molecule has 138 valence electrons. The molecule has 0 saturated carbocycles. The molecule has 7 nitrogen and oxygen atoms in total. The molecule has 1 amide bonds. The van der Waals surface area contributed by atoms with E-state index in [0.29, 0.717) is 24.8 Å². The van der Waals surface area contributed by atoms with E-state index in [4.69, 9.17) is 9.47 Å². The van der Waals surface area contributed by atoms with Crippen molar-refractivity contribution in [1.29, 1.82) is 0 Å². The van der Waals surface area contributed by atoms with E-state index in [9.17, 15) is 4.79 Å². The lowest BCUT2D eigenvalue weighted by Gasteiger charge is -2.29. The molecule has 0 spiro atoms. The van der Waals surface area contributed by atoms with Gasteiger partial charge < -0.3 is 19.7 Å². The minimum absolute atomic E-state index is 0.0215. The Kier molecular flexibility index (Phi) is 5.25. The standard InChI is InChI=1S/C19H24N4O3/c1-12-7-13(2)22-19(21-12)20-10-18(24)23-6-5-14-8-16(25-3)17(26-4)9-15(14)11-23/h7-9H,5-6,10-11H2,1-4H3,(H,20,21,22). The predicted molar refractivity (Wildman–Crippen MR) is 98.7 cm³/mol. The fourth-order valence-corrected chi connectivity index (χ4v) is 3.17. The van der Waals surface area contributed by atoms with Gasteiger partial charge in [-0.15, -0.1) is 0 Å². The number of ether oxygens (including phenoxy) is 2. The molecule has 2 aromatic rings. The first-order valence-electron chi connectivity index (χ1n) is 8.58. The highest BCUT2D eigenvalue weighted by Gasteiger charge is 2.22. The van der Waals surface area contributed by atoms with Crippen LogP contribution in [0.1, 0.15) is 22.5 Å². The summed E-state index contributed by atoms with van der Waals surface area (Å²) in [6.07, 6.45) is 0.793. The van der Waals surface area contributed by atoms with Crippen molar-refractivity contribution in [2.24, 2.45) is 0 Å². The molecule has 1 aromatic carbocycles. The van der Waals surface area contributed by atoms with Crippen molar-refractivity contribution in [1.82, 2.24) is 14.9 Å². The largest absolute Gasteiger partial charge is 0.493 e. The van der Waals surface area contributed by atoms with Crippen molar-refractivity contribution < 1.29 is 14.3 Å². The fourth-order valence-electron chi connectivity index (χ4n) is 3.17. The molecule has 0 bridgehead atoms. The molecular weight excluding hydrogens is 332 g/mol. The Morgan fingerprint density at radius 1 is 1.08 bits per heavy atom. The van der Waals surface area contributed by atoms with Crippen LogP contribution in [-0.2, 0) is 17.8 Å². The van der Waals surface area contributed by atoms with Gasteiger partial charge in [0.05, 0.1) is 20.8 Å². The third-order valence-corrected chi connectivity index (χ3v) is 4.45. The summed E-state index contributed by atoms with van der Waals surface area (Å²) in [6, 6.07) is 5.85. The predicted octanol–water partition coefficient (Wildman–Crippen LogP) is 2.11. The van der Waals surface area contributed by atoms with Gasteiger partial charge >= 0.3 is 0 Å².